The van der Waals surface area contributed by atoms with Crippen LogP contribution in [0, 0.1) is 0 Å². The monoisotopic (exact) mass is 1350 g/mol. The maximum Gasteiger partial charge on any atom is 0.320 e. The fourth-order valence-electron chi connectivity index (χ4n) is 12.6. The predicted molar refractivity (Wildman–Crippen MR) is 417 cm³/mol. The van der Waals surface area contributed by atoms with E-state index < -0.39 is 0 Å². The molecule has 0 saturated heterocycles. The van der Waals surface area contributed by atoms with Gasteiger partial charge in [-0.2, -0.15) is 0 Å². The molecule has 0 bridgehead atoms. The molecule has 0 unspecified atom stereocenters. The first-order valence-electron chi connectivity index (χ1n) is 42.0. The average Bonchev–Trinajstić information content (AvgIpc) is 1.31. The van der Waals surface area contributed by atoms with Crippen molar-refractivity contribution in [3.05, 3.63) is 48.6 Å². The standard InChI is InChI=1S/C85H160N6O5/c1-5-9-13-17-21-25-29-33-37-41-45-49-53-57-61-69-81(92)86-73-65-77-90(78-66-74-87-82(93)70-62-58-54-50-46-42-38-34-30-26-22-18-14-10-6-2)85(96)91(79-67-75-88-83(94)71-63-59-55-51-47-43-39-35-31-27-23-19-15-11-7-3)80-68-76-89-84(95)72-64-60-56-52-48-44-40-36-32-28-24-20-16-12-8-4/h33-40H,5-32,41-80H2,1-4H3,(H,86,92)(H,87,93)(H,88,94)(H,89,95)/b37-33-,38-34-,39-35-,40-36-. The van der Waals surface area contributed by atoms with Gasteiger partial charge in [-0.3, -0.25) is 19.2 Å². The molecule has 0 aromatic heterocycles. The lowest BCUT2D eigenvalue weighted by molar-refractivity contribution is -0.122. The summed E-state index contributed by atoms with van der Waals surface area (Å²) in [5, 5.41) is 12.5. The third kappa shape index (κ3) is 71.4. The summed E-state index contributed by atoms with van der Waals surface area (Å²) in [6.07, 6.45) is 87.1. The normalized spacial score (nSPS) is 11.7. The highest BCUT2D eigenvalue weighted by Crippen LogP contribution is 2.16. The van der Waals surface area contributed by atoms with E-state index in [9.17, 15) is 24.0 Å². The summed E-state index contributed by atoms with van der Waals surface area (Å²) in [5.41, 5.74) is 0. The topological polar surface area (TPSA) is 140 Å². The van der Waals surface area contributed by atoms with Crippen LogP contribution in [0.5, 0.6) is 0 Å². The molecule has 0 fully saturated rings. The van der Waals surface area contributed by atoms with Crippen molar-refractivity contribution in [2.24, 2.45) is 0 Å². The molecular formula is C85H160N6O5. The first-order valence-corrected chi connectivity index (χ1v) is 42.0. The average molecular weight is 1350 g/mol. The smallest absolute Gasteiger partial charge is 0.320 e. The summed E-state index contributed by atoms with van der Waals surface area (Å²) in [6.45, 7) is 13.0. The lowest BCUT2D eigenvalue weighted by Gasteiger charge is -2.31. The van der Waals surface area contributed by atoms with Crippen molar-refractivity contribution < 1.29 is 24.0 Å². The summed E-state index contributed by atoms with van der Waals surface area (Å²) >= 11 is 0. The van der Waals surface area contributed by atoms with E-state index in [0.717, 1.165) is 103 Å². The summed E-state index contributed by atoms with van der Waals surface area (Å²) in [5.74, 6) is 0.277. The maximum atomic E-state index is 14.7. The van der Waals surface area contributed by atoms with Crippen LogP contribution in [0.25, 0.3) is 0 Å². The number of nitrogens with zero attached hydrogens (tertiary/aromatic N) is 2. The number of hydrogen-bond acceptors (Lipinski definition) is 5. The van der Waals surface area contributed by atoms with Gasteiger partial charge in [-0.15, -0.1) is 0 Å². The minimum Gasteiger partial charge on any atom is -0.356 e. The number of nitrogens with one attached hydrogen (secondary N) is 4. The van der Waals surface area contributed by atoms with Crippen molar-refractivity contribution in [1.29, 1.82) is 0 Å². The van der Waals surface area contributed by atoms with E-state index in [0.29, 0.717) is 104 Å². The number of hydrogen-bond donors (Lipinski definition) is 4. The molecule has 0 aliphatic rings. The zero-order valence-electron chi connectivity index (χ0n) is 64.1. The minimum atomic E-state index is -0.0755. The van der Waals surface area contributed by atoms with Crippen LogP contribution in [0.4, 0.5) is 4.79 Å². The molecule has 0 aliphatic carbocycles. The molecule has 4 N–H and O–H groups in total. The molecule has 0 radical (unpaired) electrons. The van der Waals surface area contributed by atoms with E-state index >= 15 is 0 Å². The van der Waals surface area contributed by atoms with E-state index in [1.807, 2.05) is 9.80 Å². The number of amides is 6. The van der Waals surface area contributed by atoms with Crippen molar-refractivity contribution in [2.75, 3.05) is 52.4 Å². The van der Waals surface area contributed by atoms with Gasteiger partial charge in [0, 0.05) is 78.0 Å². The predicted octanol–water partition coefficient (Wildman–Crippen LogP) is 23.9. The first-order chi connectivity index (χ1) is 47.3. The molecule has 0 aliphatic heterocycles. The Morgan fingerprint density at radius 2 is 0.365 bits per heavy atom. The molecular weight excluding hydrogens is 1180 g/mol. The number of allylic oxidation sites excluding steroid dienone is 8. The van der Waals surface area contributed by atoms with Crippen molar-refractivity contribution >= 4 is 29.7 Å². The van der Waals surface area contributed by atoms with Gasteiger partial charge in [0.25, 0.3) is 0 Å². The van der Waals surface area contributed by atoms with E-state index in [1.165, 1.54) is 231 Å². The maximum absolute atomic E-state index is 14.7. The van der Waals surface area contributed by atoms with Crippen LogP contribution in [0.2, 0.25) is 0 Å². The van der Waals surface area contributed by atoms with Gasteiger partial charge in [-0.1, -0.05) is 282 Å². The number of carbonyl (C=O) groups is 5. The van der Waals surface area contributed by atoms with E-state index in [2.05, 4.69) is 97.6 Å². The van der Waals surface area contributed by atoms with Gasteiger partial charge in [-0.05, 0) is 154 Å². The third-order valence-electron chi connectivity index (χ3n) is 18.9. The van der Waals surface area contributed by atoms with Crippen LogP contribution < -0.4 is 21.3 Å². The second-order valence-electron chi connectivity index (χ2n) is 28.4. The lowest BCUT2D eigenvalue weighted by atomic mass is 10.1. The Balaban J connectivity index is 5.44. The van der Waals surface area contributed by atoms with E-state index in [1.54, 1.807) is 0 Å². The van der Waals surface area contributed by atoms with Gasteiger partial charge >= 0.3 is 6.03 Å². The molecule has 0 aromatic carbocycles. The summed E-state index contributed by atoms with van der Waals surface area (Å²) < 4.78 is 0. The molecule has 96 heavy (non-hydrogen) atoms. The summed E-state index contributed by atoms with van der Waals surface area (Å²) in [7, 11) is 0. The third-order valence-corrected chi connectivity index (χ3v) is 18.9. The molecule has 6 amide bonds. The molecule has 0 atom stereocenters. The van der Waals surface area contributed by atoms with Gasteiger partial charge in [0.05, 0.1) is 0 Å². The SMILES string of the molecule is CCCCCCCC/C=C\CCCCCCCC(=O)NCCCN(CCCNC(=O)CCCCCCC/C=C\CCCCCCCC)C(=O)N(CCCNC(=O)CCCCCCC/C=C\CCCCCCCC)CCCNC(=O)CCCCCCC/C=C\CCCCCCCC. The number of urea groups is 1. The van der Waals surface area contributed by atoms with Crippen LogP contribution in [-0.4, -0.2) is 91.8 Å². The Morgan fingerprint density at radius 3 is 0.542 bits per heavy atom. The van der Waals surface area contributed by atoms with Crippen molar-refractivity contribution in [2.45, 2.75) is 413 Å². The number of rotatable bonds is 76. The number of unbranched alkanes of at least 4 members (excludes halogenated alkanes) is 44. The van der Waals surface area contributed by atoms with Crippen molar-refractivity contribution in [3.63, 3.8) is 0 Å². The van der Waals surface area contributed by atoms with Crippen LogP contribution in [0.15, 0.2) is 48.6 Å². The van der Waals surface area contributed by atoms with Crippen LogP contribution in [0.3, 0.4) is 0 Å². The Kier molecular flexibility index (Phi) is 75.3. The fourth-order valence-corrected chi connectivity index (χ4v) is 12.6. The Bertz CT molecular complexity index is 1570. The van der Waals surface area contributed by atoms with Crippen LogP contribution >= 0.6 is 0 Å². The Labute approximate surface area is 595 Å². The van der Waals surface area contributed by atoms with Gasteiger partial charge in [-0.25, -0.2) is 4.79 Å². The Hall–Kier alpha value is -3.89. The van der Waals surface area contributed by atoms with Crippen LogP contribution in [-0.2, 0) is 19.2 Å². The highest BCUT2D eigenvalue weighted by Gasteiger charge is 2.21. The van der Waals surface area contributed by atoms with Gasteiger partial charge in [0.15, 0.2) is 0 Å². The quantitative estimate of drug-likeness (QED) is 0.0355. The lowest BCUT2D eigenvalue weighted by Crippen LogP contribution is -2.47. The minimum absolute atomic E-state index is 0.0691. The van der Waals surface area contributed by atoms with Gasteiger partial charge in [0.2, 0.25) is 23.6 Å². The zero-order chi connectivity index (χ0) is 69.6. The molecule has 0 rings (SSSR count). The molecule has 0 saturated carbocycles. The molecule has 0 spiro atoms. The van der Waals surface area contributed by atoms with Crippen LogP contribution in [0.1, 0.15) is 413 Å². The van der Waals surface area contributed by atoms with E-state index in [-0.39, 0.29) is 29.7 Å². The zero-order valence-corrected chi connectivity index (χ0v) is 64.1. The number of carbonyl (C=O) groups excluding carboxylic acids is 5. The highest BCUT2D eigenvalue weighted by molar-refractivity contribution is 5.77. The van der Waals surface area contributed by atoms with Gasteiger partial charge in [0.1, 0.15) is 0 Å². The molecule has 0 heterocycles. The first kappa shape index (κ1) is 92.1. The fraction of sp³-hybridized carbons (Fsp3) is 0.847. The summed E-state index contributed by atoms with van der Waals surface area (Å²) in [6, 6.07) is -0.0755. The molecule has 0 aromatic rings. The van der Waals surface area contributed by atoms with E-state index in [4.69, 9.17) is 0 Å². The summed E-state index contributed by atoms with van der Waals surface area (Å²) in [4.78, 5) is 70.5. The second-order valence-corrected chi connectivity index (χ2v) is 28.4. The molecule has 11 heteroatoms. The van der Waals surface area contributed by atoms with Crippen molar-refractivity contribution in [1.82, 2.24) is 31.1 Å². The van der Waals surface area contributed by atoms with Crippen molar-refractivity contribution in [3.8, 4) is 0 Å². The second kappa shape index (κ2) is 78.4. The van der Waals surface area contributed by atoms with Gasteiger partial charge < -0.3 is 31.1 Å². The molecule has 560 valence electrons. The largest absolute Gasteiger partial charge is 0.356 e. The highest BCUT2D eigenvalue weighted by atomic mass is 16.2. The Morgan fingerprint density at radius 1 is 0.208 bits per heavy atom. The molecule has 11 nitrogen and oxygen atoms in total.